The molecule has 0 bridgehead atoms. The number of amidine groups is 1. The zero-order valence-corrected chi connectivity index (χ0v) is 17.5. The van der Waals surface area contributed by atoms with Crippen LogP contribution in [0.1, 0.15) is 24.8 Å². The minimum Gasteiger partial charge on any atom is -0.466 e. The van der Waals surface area contributed by atoms with E-state index in [1.54, 1.807) is 19.1 Å². The normalized spacial score (nSPS) is 12.1. The smallest absolute Gasteiger partial charge is 0.306 e. The second kappa shape index (κ2) is 11.0. The minimum atomic E-state index is -0.315. The molecule has 1 atom stereocenters. The van der Waals surface area contributed by atoms with Crippen molar-refractivity contribution in [1.29, 1.82) is 0 Å². The molecule has 0 aliphatic heterocycles. The lowest BCUT2D eigenvalue weighted by Crippen LogP contribution is -2.35. The number of esters is 1. The van der Waals surface area contributed by atoms with Crippen molar-refractivity contribution in [2.24, 2.45) is 4.99 Å². The van der Waals surface area contributed by atoms with Crippen LogP contribution in [-0.4, -0.2) is 18.4 Å². The van der Waals surface area contributed by atoms with Crippen molar-refractivity contribution in [3.05, 3.63) is 95.5 Å². The van der Waals surface area contributed by atoms with Crippen molar-refractivity contribution < 1.29 is 9.53 Å². The van der Waals surface area contributed by atoms with Gasteiger partial charge in [-0.15, -0.1) is 0 Å². The van der Waals surface area contributed by atoms with Gasteiger partial charge in [-0.05, 0) is 48.9 Å². The molecule has 3 aromatic carbocycles. The molecule has 0 saturated carbocycles. The fourth-order valence-corrected chi connectivity index (χ4v) is 3.07. The van der Waals surface area contributed by atoms with Gasteiger partial charge in [-0.1, -0.05) is 60.1 Å². The summed E-state index contributed by atoms with van der Waals surface area (Å²) in [4.78, 5) is 17.1. The van der Waals surface area contributed by atoms with Gasteiger partial charge in [0, 0.05) is 5.02 Å². The molecule has 1 unspecified atom stereocenters. The van der Waals surface area contributed by atoms with E-state index in [0.29, 0.717) is 17.5 Å². The number of carbonyl (C=O) groups is 1. The van der Waals surface area contributed by atoms with Gasteiger partial charge in [0.25, 0.3) is 0 Å². The largest absolute Gasteiger partial charge is 0.466 e. The zero-order valence-electron chi connectivity index (χ0n) is 16.7. The van der Waals surface area contributed by atoms with Gasteiger partial charge >= 0.3 is 5.97 Å². The zero-order chi connectivity index (χ0) is 21.2. The Labute approximate surface area is 181 Å². The molecule has 0 aliphatic rings. The molecule has 0 aliphatic carbocycles. The van der Waals surface area contributed by atoms with Crippen LogP contribution < -0.4 is 10.9 Å². The van der Waals surface area contributed by atoms with Gasteiger partial charge in [-0.25, -0.2) is 4.99 Å². The molecule has 0 radical (unpaired) electrons. The minimum absolute atomic E-state index is 0.165. The summed E-state index contributed by atoms with van der Waals surface area (Å²) in [5.41, 5.74) is 8.92. The quantitative estimate of drug-likeness (QED) is 0.211. The molecule has 154 valence electrons. The number of hydrogen-bond donors (Lipinski definition) is 2. The molecule has 0 spiro atoms. The Kier molecular flexibility index (Phi) is 7.86. The first-order chi connectivity index (χ1) is 14.7. The van der Waals surface area contributed by atoms with Crippen molar-refractivity contribution in [3.8, 4) is 0 Å². The first kappa shape index (κ1) is 21.4. The first-order valence-corrected chi connectivity index (χ1v) is 10.2. The molecular formula is C24H24ClN3O2. The van der Waals surface area contributed by atoms with E-state index in [9.17, 15) is 4.79 Å². The number of nitrogens with zero attached hydrogens (tertiary/aromatic N) is 1. The highest BCUT2D eigenvalue weighted by atomic mass is 35.5. The molecule has 0 aromatic heterocycles. The lowest BCUT2D eigenvalue weighted by atomic mass is 9.94. The number of aliphatic imine (C=N–C) groups is 1. The maximum Gasteiger partial charge on any atom is 0.306 e. The van der Waals surface area contributed by atoms with Crippen molar-refractivity contribution >= 4 is 34.8 Å². The number of ether oxygens (including phenoxy) is 1. The highest BCUT2D eigenvalue weighted by Crippen LogP contribution is 2.24. The maximum absolute atomic E-state index is 12.4. The van der Waals surface area contributed by atoms with Crippen LogP contribution in [0.25, 0.3) is 0 Å². The molecular weight excluding hydrogens is 398 g/mol. The van der Waals surface area contributed by atoms with Gasteiger partial charge in [0.15, 0.2) is 0 Å². The molecule has 3 rings (SSSR count). The summed E-state index contributed by atoms with van der Waals surface area (Å²) in [5, 5.41) is 0.656. The monoisotopic (exact) mass is 421 g/mol. The van der Waals surface area contributed by atoms with Gasteiger partial charge < -0.3 is 4.74 Å². The molecule has 5 nitrogen and oxygen atoms in total. The van der Waals surface area contributed by atoms with E-state index < -0.39 is 0 Å². The molecule has 0 heterocycles. The Hall–Kier alpha value is -3.31. The number of benzene rings is 3. The van der Waals surface area contributed by atoms with E-state index in [-0.39, 0.29) is 18.3 Å². The van der Waals surface area contributed by atoms with E-state index in [1.807, 2.05) is 72.8 Å². The average molecular weight is 422 g/mol. The Balaban J connectivity index is 1.94. The standard InChI is InChI=1S/C24H24ClN3O2/c1-2-30-23(29)17-22(18-9-5-3-6-10-18)24(26-20-11-7-4-8-12-20)28-27-21-15-13-19(25)14-16-21/h3-16,22,27H,2,17H2,1H3,(H,26,28). The SMILES string of the molecule is CCOC(=O)CC(C(=Nc1ccccc1)NNc1ccc(Cl)cc1)c1ccccc1. The summed E-state index contributed by atoms with van der Waals surface area (Å²) in [6.07, 6.45) is 0.165. The van der Waals surface area contributed by atoms with Gasteiger partial charge in [-0.2, -0.15) is 0 Å². The van der Waals surface area contributed by atoms with Crippen LogP contribution in [0.15, 0.2) is 89.9 Å². The van der Waals surface area contributed by atoms with E-state index in [1.165, 1.54) is 0 Å². The number of hydrogen-bond acceptors (Lipinski definition) is 4. The topological polar surface area (TPSA) is 62.7 Å². The van der Waals surface area contributed by atoms with Crippen LogP contribution in [-0.2, 0) is 9.53 Å². The Bertz CT molecular complexity index is 961. The lowest BCUT2D eigenvalue weighted by molar-refractivity contribution is -0.143. The number of halogens is 1. The number of rotatable bonds is 8. The highest BCUT2D eigenvalue weighted by Gasteiger charge is 2.23. The fraction of sp³-hybridized carbons (Fsp3) is 0.167. The van der Waals surface area contributed by atoms with Gasteiger partial charge in [0.05, 0.1) is 30.3 Å². The van der Waals surface area contributed by atoms with Crippen LogP contribution >= 0.6 is 11.6 Å². The van der Waals surface area contributed by atoms with Crippen LogP contribution in [0.5, 0.6) is 0 Å². The van der Waals surface area contributed by atoms with Crippen LogP contribution in [0.2, 0.25) is 5.02 Å². The number of anilines is 1. The summed E-state index contributed by atoms with van der Waals surface area (Å²) < 4.78 is 5.21. The van der Waals surface area contributed by atoms with E-state index in [2.05, 4.69) is 10.9 Å². The Morgan fingerprint density at radius 2 is 1.60 bits per heavy atom. The molecule has 6 heteroatoms. The first-order valence-electron chi connectivity index (χ1n) is 9.77. The summed E-state index contributed by atoms with van der Waals surface area (Å²) in [7, 11) is 0. The number of para-hydroxylation sites is 1. The van der Waals surface area contributed by atoms with Gasteiger partial charge in [0.2, 0.25) is 0 Å². The van der Waals surface area contributed by atoms with Crippen molar-refractivity contribution in [1.82, 2.24) is 5.43 Å². The number of carbonyl (C=O) groups excluding carboxylic acids is 1. The molecule has 0 amide bonds. The second-order valence-corrected chi connectivity index (χ2v) is 7.00. The van der Waals surface area contributed by atoms with Gasteiger partial charge in [0.1, 0.15) is 5.84 Å². The third-order valence-corrected chi connectivity index (χ3v) is 4.64. The molecule has 2 N–H and O–H groups in total. The van der Waals surface area contributed by atoms with Crippen LogP contribution in [0.4, 0.5) is 11.4 Å². The maximum atomic E-state index is 12.4. The molecule has 0 fully saturated rings. The highest BCUT2D eigenvalue weighted by molar-refractivity contribution is 6.30. The second-order valence-electron chi connectivity index (χ2n) is 6.56. The van der Waals surface area contributed by atoms with E-state index >= 15 is 0 Å². The third-order valence-electron chi connectivity index (χ3n) is 4.39. The number of hydrazine groups is 1. The van der Waals surface area contributed by atoms with Crippen LogP contribution in [0.3, 0.4) is 0 Å². The Morgan fingerprint density at radius 1 is 0.967 bits per heavy atom. The van der Waals surface area contributed by atoms with E-state index in [0.717, 1.165) is 16.9 Å². The van der Waals surface area contributed by atoms with Crippen molar-refractivity contribution in [2.75, 3.05) is 12.0 Å². The molecule has 0 saturated heterocycles. The van der Waals surface area contributed by atoms with E-state index in [4.69, 9.17) is 21.3 Å². The fourth-order valence-electron chi connectivity index (χ4n) is 2.95. The molecule has 3 aromatic rings. The van der Waals surface area contributed by atoms with Crippen LogP contribution in [0, 0.1) is 0 Å². The van der Waals surface area contributed by atoms with Crippen molar-refractivity contribution in [3.63, 3.8) is 0 Å². The summed E-state index contributed by atoms with van der Waals surface area (Å²) in [5.74, 6) is 0.0149. The summed E-state index contributed by atoms with van der Waals surface area (Å²) in [6.45, 7) is 2.14. The molecule has 30 heavy (non-hydrogen) atoms. The lowest BCUT2D eigenvalue weighted by Gasteiger charge is -2.21. The number of nitrogens with one attached hydrogen (secondary N) is 2. The summed E-state index contributed by atoms with van der Waals surface area (Å²) >= 11 is 5.98. The third kappa shape index (κ3) is 6.36. The van der Waals surface area contributed by atoms with Gasteiger partial charge in [-0.3, -0.25) is 15.6 Å². The predicted molar refractivity (Wildman–Crippen MR) is 122 cm³/mol. The predicted octanol–water partition coefficient (Wildman–Crippen LogP) is 5.72. The van der Waals surface area contributed by atoms with Crippen molar-refractivity contribution in [2.45, 2.75) is 19.3 Å². The average Bonchev–Trinajstić information content (AvgIpc) is 2.78. The summed E-state index contributed by atoms with van der Waals surface area (Å²) in [6, 6.07) is 26.7. The Morgan fingerprint density at radius 3 is 2.23 bits per heavy atom.